The third kappa shape index (κ3) is 4.77. The molecule has 1 fully saturated rings. The van der Waals surface area contributed by atoms with E-state index in [1.165, 1.54) is 11.8 Å². The zero-order valence-electron chi connectivity index (χ0n) is 12.2. The number of aliphatic carboxylic acids is 1. The van der Waals surface area contributed by atoms with E-state index in [4.69, 9.17) is 9.63 Å². The van der Waals surface area contributed by atoms with E-state index < -0.39 is 12.0 Å². The van der Waals surface area contributed by atoms with Crippen LogP contribution in [0, 0.1) is 19.8 Å². The fourth-order valence-electron chi connectivity index (χ4n) is 2.10. The van der Waals surface area contributed by atoms with Gasteiger partial charge in [0.25, 0.3) is 0 Å². The van der Waals surface area contributed by atoms with Crippen LogP contribution in [-0.2, 0) is 15.3 Å². The smallest absolute Gasteiger partial charge is 0.326 e. The van der Waals surface area contributed by atoms with Gasteiger partial charge < -0.3 is 14.9 Å². The van der Waals surface area contributed by atoms with Gasteiger partial charge in [0.1, 0.15) is 11.8 Å². The van der Waals surface area contributed by atoms with Crippen molar-refractivity contribution in [1.29, 1.82) is 0 Å². The number of carbonyl (C=O) groups excluding carboxylic acids is 1. The van der Waals surface area contributed by atoms with Crippen molar-refractivity contribution in [1.82, 2.24) is 10.5 Å². The van der Waals surface area contributed by atoms with Gasteiger partial charge in [0.05, 0.1) is 11.4 Å². The SMILES string of the molecule is Cc1noc(C)c1CSCC(=O)NC(CC1CC1)C(=O)O. The molecule has 0 aromatic carbocycles. The Hall–Kier alpha value is -1.50. The number of carbonyl (C=O) groups is 2. The van der Waals surface area contributed by atoms with E-state index in [9.17, 15) is 9.59 Å². The number of thioether (sulfide) groups is 1. The largest absolute Gasteiger partial charge is 0.480 e. The Morgan fingerprint density at radius 3 is 2.71 bits per heavy atom. The molecule has 6 nitrogen and oxygen atoms in total. The number of nitrogens with zero attached hydrogens (tertiary/aromatic N) is 1. The van der Waals surface area contributed by atoms with Gasteiger partial charge in [-0.2, -0.15) is 0 Å². The molecule has 1 aromatic rings. The van der Waals surface area contributed by atoms with Crippen molar-refractivity contribution in [3.63, 3.8) is 0 Å². The topological polar surface area (TPSA) is 92.4 Å². The van der Waals surface area contributed by atoms with Gasteiger partial charge in [-0.3, -0.25) is 4.79 Å². The van der Waals surface area contributed by atoms with Crippen LogP contribution in [0.2, 0.25) is 0 Å². The lowest BCUT2D eigenvalue weighted by atomic mass is 10.1. The van der Waals surface area contributed by atoms with Gasteiger partial charge in [-0.25, -0.2) is 4.79 Å². The first-order valence-electron chi connectivity index (χ1n) is 6.99. The van der Waals surface area contributed by atoms with Crippen LogP contribution in [-0.4, -0.2) is 33.9 Å². The molecule has 1 saturated carbocycles. The Morgan fingerprint density at radius 2 is 2.19 bits per heavy atom. The predicted octanol–water partition coefficient (Wildman–Crippen LogP) is 1.89. The number of hydrogen-bond donors (Lipinski definition) is 2. The molecule has 1 amide bonds. The molecule has 7 heteroatoms. The molecule has 1 aromatic heterocycles. The summed E-state index contributed by atoms with van der Waals surface area (Å²) in [6.07, 6.45) is 2.68. The lowest BCUT2D eigenvalue weighted by molar-refractivity contribution is -0.141. The van der Waals surface area contributed by atoms with Gasteiger partial charge in [-0.15, -0.1) is 11.8 Å². The fraction of sp³-hybridized carbons (Fsp3) is 0.643. The van der Waals surface area contributed by atoms with Crippen molar-refractivity contribution >= 4 is 23.6 Å². The highest BCUT2D eigenvalue weighted by molar-refractivity contribution is 7.99. The molecule has 1 aliphatic carbocycles. The summed E-state index contributed by atoms with van der Waals surface area (Å²) in [7, 11) is 0. The molecule has 1 atom stereocenters. The number of amides is 1. The van der Waals surface area contributed by atoms with E-state index in [0.29, 0.717) is 18.1 Å². The molecule has 1 unspecified atom stereocenters. The minimum Gasteiger partial charge on any atom is -0.480 e. The standard InChI is InChI=1S/C14H20N2O4S/c1-8-11(9(2)20-16-8)6-21-7-13(17)15-12(14(18)19)5-10-3-4-10/h10,12H,3-7H2,1-2H3,(H,15,17)(H,18,19). The number of aromatic nitrogens is 1. The Kier molecular flexibility index (Phi) is 5.27. The van der Waals surface area contributed by atoms with E-state index in [1.54, 1.807) is 0 Å². The van der Waals surface area contributed by atoms with Crippen LogP contribution in [0.15, 0.2) is 4.52 Å². The second-order valence-electron chi connectivity index (χ2n) is 5.43. The molecule has 0 spiro atoms. The van der Waals surface area contributed by atoms with Crippen LogP contribution in [0.4, 0.5) is 0 Å². The summed E-state index contributed by atoms with van der Waals surface area (Å²) in [5.41, 5.74) is 1.83. The average molecular weight is 312 g/mol. The minimum absolute atomic E-state index is 0.235. The van der Waals surface area contributed by atoms with E-state index in [1.807, 2.05) is 13.8 Å². The van der Waals surface area contributed by atoms with Crippen molar-refractivity contribution in [2.45, 2.75) is 44.9 Å². The number of hydrogen-bond acceptors (Lipinski definition) is 5. The summed E-state index contributed by atoms with van der Waals surface area (Å²) in [5.74, 6) is 0.901. The number of nitrogens with one attached hydrogen (secondary N) is 1. The monoisotopic (exact) mass is 312 g/mol. The summed E-state index contributed by atoms with van der Waals surface area (Å²) in [6, 6.07) is -0.760. The Balaban J connectivity index is 1.74. The van der Waals surface area contributed by atoms with E-state index in [-0.39, 0.29) is 11.7 Å². The summed E-state index contributed by atoms with van der Waals surface area (Å²) in [6.45, 7) is 3.70. The number of carboxylic acid groups (broad SMARTS) is 1. The molecule has 2 N–H and O–H groups in total. The second kappa shape index (κ2) is 6.98. The van der Waals surface area contributed by atoms with Crippen molar-refractivity contribution in [3.05, 3.63) is 17.0 Å². The maximum atomic E-state index is 11.8. The molecule has 1 aliphatic rings. The first-order valence-corrected chi connectivity index (χ1v) is 8.14. The van der Waals surface area contributed by atoms with Crippen LogP contribution >= 0.6 is 11.8 Å². The molecule has 0 saturated heterocycles. The van der Waals surface area contributed by atoms with Gasteiger partial charge in [0, 0.05) is 11.3 Å². The van der Waals surface area contributed by atoms with Crippen molar-refractivity contribution in [3.8, 4) is 0 Å². The van der Waals surface area contributed by atoms with Crippen LogP contribution in [0.3, 0.4) is 0 Å². The Labute approximate surface area is 127 Å². The number of aryl methyl sites for hydroxylation is 2. The highest BCUT2D eigenvalue weighted by Crippen LogP contribution is 2.33. The van der Waals surface area contributed by atoms with Gasteiger partial charge in [0.15, 0.2) is 0 Å². The van der Waals surface area contributed by atoms with Crippen molar-refractivity contribution in [2.24, 2.45) is 5.92 Å². The van der Waals surface area contributed by atoms with Crippen LogP contribution < -0.4 is 5.32 Å². The van der Waals surface area contributed by atoms with E-state index >= 15 is 0 Å². The van der Waals surface area contributed by atoms with Gasteiger partial charge >= 0.3 is 5.97 Å². The molecular formula is C14H20N2O4S. The summed E-state index contributed by atoms with van der Waals surface area (Å²) in [4.78, 5) is 22.9. The number of rotatable bonds is 8. The van der Waals surface area contributed by atoms with Gasteiger partial charge in [0.2, 0.25) is 5.91 Å². The highest BCUT2D eigenvalue weighted by Gasteiger charge is 2.30. The third-order valence-electron chi connectivity index (χ3n) is 3.56. The zero-order chi connectivity index (χ0) is 15.4. The normalized spacial score (nSPS) is 15.7. The fourth-order valence-corrected chi connectivity index (χ4v) is 3.09. The molecule has 1 heterocycles. The van der Waals surface area contributed by atoms with Crippen LogP contribution in [0.5, 0.6) is 0 Å². The lowest BCUT2D eigenvalue weighted by Gasteiger charge is -2.13. The maximum Gasteiger partial charge on any atom is 0.326 e. The molecule has 0 bridgehead atoms. The Morgan fingerprint density at radius 1 is 1.48 bits per heavy atom. The van der Waals surface area contributed by atoms with Crippen molar-refractivity contribution in [2.75, 3.05) is 5.75 Å². The van der Waals surface area contributed by atoms with E-state index in [0.717, 1.165) is 29.9 Å². The highest BCUT2D eigenvalue weighted by atomic mass is 32.2. The first-order chi connectivity index (χ1) is 9.97. The van der Waals surface area contributed by atoms with Gasteiger partial charge in [-0.1, -0.05) is 18.0 Å². The molecule has 0 aliphatic heterocycles. The summed E-state index contributed by atoms with van der Waals surface area (Å²) >= 11 is 1.43. The zero-order valence-corrected chi connectivity index (χ0v) is 13.0. The minimum atomic E-state index is -0.953. The molecule has 0 radical (unpaired) electrons. The molecule has 116 valence electrons. The summed E-state index contributed by atoms with van der Waals surface area (Å²) < 4.78 is 5.06. The Bertz CT molecular complexity index is 506. The van der Waals surface area contributed by atoms with Crippen LogP contribution in [0.1, 0.15) is 36.3 Å². The lowest BCUT2D eigenvalue weighted by Crippen LogP contribution is -2.42. The van der Waals surface area contributed by atoms with Crippen LogP contribution in [0.25, 0.3) is 0 Å². The third-order valence-corrected chi connectivity index (χ3v) is 4.52. The summed E-state index contributed by atoms with van der Waals surface area (Å²) in [5, 5.41) is 15.6. The molecule has 2 rings (SSSR count). The van der Waals surface area contributed by atoms with Crippen molar-refractivity contribution < 1.29 is 19.2 Å². The number of carboxylic acids is 1. The predicted molar refractivity (Wildman–Crippen MR) is 79.0 cm³/mol. The maximum absolute atomic E-state index is 11.8. The quantitative estimate of drug-likeness (QED) is 0.761. The second-order valence-corrected chi connectivity index (χ2v) is 6.42. The average Bonchev–Trinajstić information content (AvgIpc) is 3.18. The molecule has 21 heavy (non-hydrogen) atoms. The van der Waals surface area contributed by atoms with Gasteiger partial charge in [-0.05, 0) is 26.2 Å². The van der Waals surface area contributed by atoms with E-state index in [2.05, 4.69) is 10.5 Å². The molecular weight excluding hydrogens is 292 g/mol. The first kappa shape index (κ1) is 15.9.